The smallest absolute Gasteiger partial charge is 0.161 e. The van der Waals surface area contributed by atoms with Crippen molar-refractivity contribution in [2.24, 2.45) is 17.3 Å². The van der Waals surface area contributed by atoms with E-state index in [1.54, 1.807) is 34.5 Å². The maximum Gasteiger partial charge on any atom is 0.161 e. The van der Waals surface area contributed by atoms with Crippen molar-refractivity contribution in [3.63, 3.8) is 0 Å². The Hall–Kier alpha value is -1.75. The molecule has 2 saturated carbocycles. The number of ether oxygens (including phenoxy) is 9. The molecule has 5 fully saturated rings. The number of furan rings is 1. The molecule has 0 spiro atoms. The average Bonchev–Trinajstić information content (AvgIpc) is 3.59. The van der Waals surface area contributed by atoms with Gasteiger partial charge < -0.3 is 57.3 Å². The number of Topliss-reactive ketones (excluding diaryl/α,β-unsaturated/α-hetero) is 1. The lowest BCUT2D eigenvalue weighted by Gasteiger charge is -2.55. The third kappa shape index (κ3) is 7.78. The van der Waals surface area contributed by atoms with Crippen molar-refractivity contribution in [3.8, 4) is 0 Å². The van der Waals surface area contributed by atoms with E-state index in [2.05, 4.69) is 19.9 Å². The summed E-state index contributed by atoms with van der Waals surface area (Å²) in [5, 5.41) is 22.0. The van der Waals surface area contributed by atoms with Crippen LogP contribution in [0.15, 0.2) is 28.4 Å². The highest BCUT2D eigenvalue weighted by molar-refractivity contribution is 5.93. The molecule has 13 nitrogen and oxygen atoms in total. The largest absolute Gasteiger partial charge is 0.469 e. The van der Waals surface area contributed by atoms with Gasteiger partial charge in [-0.15, -0.1) is 0 Å². The van der Waals surface area contributed by atoms with Crippen molar-refractivity contribution in [3.05, 3.63) is 35.3 Å². The van der Waals surface area contributed by atoms with E-state index in [0.29, 0.717) is 38.5 Å². The van der Waals surface area contributed by atoms with Crippen LogP contribution in [-0.2, 0) is 52.8 Å². The second-order valence-corrected chi connectivity index (χ2v) is 17.4. The Morgan fingerprint density at radius 1 is 0.782 bits per heavy atom. The maximum atomic E-state index is 14.1. The zero-order valence-corrected chi connectivity index (χ0v) is 34.0. The predicted octanol–water partition coefficient (Wildman–Crippen LogP) is 4.90. The highest BCUT2D eigenvalue weighted by Gasteiger charge is 2.57. The summed E-state index contributed by atoms with van der Waals surface area (Å²) in [4.78, 5) is 14.1. The molecule has 13 heteroatoms. The number of fused-ring (bicyclic) bond motifs is 3. The molecule has 1 aromatic rings. The summed E-state index contributed by atoms with van der Waals surface area (Å²) >= 11 is 0. The summed E-state index contributed by atoms with van der Waals surface area (Å²) in [6, 6.07) is 1.95. The topological polar surface area (TPSA) is 154 Å². The Labute approximate surface area is 325 Å². The first-order valence-corrected chi connectivity index (χ1v) is 20.4. The highest BCUT2D eigenvalue weighted by Crippen LogP contribution is 2.59. The van der Waals surface area contributed by atoms with Crippen LogP contribution in [0.5, 0.6) is 0 Å². The second kappa shape index (κ2) is 16.5. The molecule has 0 bridgehead atoms. The van der Waals surface area contributed by atoms with Gasteiger partial charge in [-0.2, -0.15) is 0 Å². The van der Waals surface area contributed by atoms with Gasteiger partial charge in [0, 0.05) is 52.1 Å². The van der Waals surface area contributed by atoms with E-state index < -0.39 is 73.1 Å². The van der Waals surface area contributed by atoms with Gasteiger partial charge in [-0.1, -0.05) is 18.6 Å². The number of rotatable bonds is 10. The van der Waals surface area contributed by atoms with Gasteiger partial charge in [0.1, 0.15) is 29.9 Å². The lowest BCUT2D eigenvalue weighted by atomic mass is 9.49. The Kier molecular flexibility index (Phi) is 12.4. The minimum atomic E-state index is -0.731. The zero-order chi connectivity index (χ0) is 39.4. The van der Waals surface area contributed by atoms with E-state index >= 15 is 0 Å². The van der Waals surface area contributed by atoms with E-state index in [4.69, 9.17) is 47.0 Å². The molecule has 7 rings (SSSR count). The van der Waals surface area contributed by atoms with Crippen LogP contribution in [0.1, 0.15) is 97.3 Å². The molecule has 6 aliphatic rings. The summed E-state index contributed by atoms with van der Waals surface area (Å²) in [5.41, 5.74) is 1.43. The number of aryl methyl sites for hydroxylation is 1. The molecule has 0 amide bonds. The van der Waals surface area contributed by atoms with Crippen molar-refractivity contribution in [1.82, 2.24) is 0 Å². The van der Waals surface area contributed by atoms with Gasteiger partial charge in [-0.25, -0.2) is 0 Å². The third-order valence-electron chi connectivity index (χ3n) is 14.2. The van der Waals surface area contributed by atoms with Gasteiger partial charge in [0.05, 0.1) is 60.5 Å². The monoisotopic (exact) mass is 776 g/mol. The Balaban J connectivity index is 0.949. The first kappa shape index (κ1) is 41.4. The Morgan fingerprint density at radius 3 is 1.91 bits per heavy atom. The summed E-state index contributed by atoms with van der Waals surface area (Å²) in [6.07, 6.45) is 1.84. The quantitative estimate of drug-likeness (QED) is 0.310. The average molecular weight is 777 g/mol. The minimum absolute atomic E-state index is 0.0875. The molecule has 55 heavy (non-hydrogen) atoms. The normalized spacial score (nSPS) is 47.8. The summed E-state index contributed by atoms with van der Waals surface area (Å²) in [5.74, 6) is 1.18. The zero-order valence-electron chi connectivity index (χ0n) is 34.0. The fourth-order valence-electron chi connectivity index (χ4n) is 10.9. The SMILES string of the molecule is CO[C@H]1C[C@@H](O[C@@H]2[C@H](C)O[C@H](O[C@@H]3[C@@H](OC)C[C@H](O[C@H]4CC5=CC[C@@H]6C(=O)[C@](C)(c7ccoc7C)CC[C@@H]6[C@]5(C)C[C@H]4O)O[C@@H]3C)C[C@H]2OC)O[C@H](C)[C@@H]1O. The standard InChI is InChI=1S/C42H64O13/c1-21-27(13-15-49-21)41(5)14-12-28-26(40(41)45)11-10-25-16-30(29(43)20-42(25,28)6)53-34-18-32(47-8)38(23(3)51-34)55-36-19-33(48-9)39(24(4)52-36)54-35-17-31(46-7)37(44)22(2)50-35/h10,13,15,22-24,26,28-39,43-44H,11-12,14,16-20H2,1-9H3/t22-,23-,24+,26+,28+,29-,30+,31+,32+,33-,34+,35-,36-,37+,38+,39-,41+,42-/m1/s1. The third-order valence-corrected chi connectivity index (χ3v) is 14.2. The van der Waals surface area contributed by atoms with Crippen LogP contribution in [0.25, 0.3) is 0 Å². The van der Waals surface area contributed by atoms with Gasteiger partial charge in [0.15, 0.2) is 18.9 Å². The van der Waals surface area contributed by atoms with E-state index in [0.717, 1.165) is 24.2 Å². The van der Waals surface area contributed by atoms with Crippen molar-refractivity contribution < 1.29 is 62.1 Å². The van der Waals surface area contributed by atoms with E-state index in [1.807, 2.05) is 26.8 Å². The fourth-order valence-corrected chi connectivity index (χ4v) is 10.9. The number of aliphatic hydroxyl groups is 2. The number of methoxy groups -OCH3 is 3. The molecule has 310 valence electrons. The van der Waals surface area contributed by atoms with Crippen LogP contribution in [0, 0.1) is 24.2 Å². The number of aliphatic hydroxyl groups excluding tert-OH is 2. The lowest BCUT2D eigenvalue weighted by molar-refractivity contribution is -0.339. The predicted molar refractivity (Wildman–Crippen MR) is 198 cm³/mol. The number of hydrogen-bond acceptors (Lipinski definition) is 13. The number of carbonyl (C=O) groups excluding carboxylic acids is 1. The minimum Gasteiger partial charge on any atom is -0.469 e. The number of carbonyl (C=O) groups is 1. The summed E-state index contributed by atoms with van der Waals surface area (Å²) in [6.45, 7) is 11.9. The van der Waals surface area contributed by atoms with Gasteiger partial charge in [-0.3, -0.25) is 4.79 Å². The van der Waals surface area contributed by atoms with Gasteiger partial charge >= 0.3 is 0 Å². The molecule has 18 atom stereocenters. The molecular weight excluding hydrogens is 712 g/mol. The first-order chi connectivity index (χ1) is 26.2. The molecule has 0 unspecified atom stereocenters. The van der Waals surface area contributed by atoms with E-state index in [1.165, 1.54) is 5.57 Å². The molecule has 3 saturated heterocycles. The molecule has 0 aromatic carbocycles. The van der Waals surface area contributed by atoms with E-state index in [9.17, 15) is 15.0 Å². The number of allylic oxidation sites excluding steroid dienone is 1. The van der Waals surface area contributed by atoms with Crippen LogP contribution in [0.2, 0.25) is 0 Å². The molecule has 3 aliphatic heterocycles. The molecule has 1 aromatic heterocycles. The number of ketones is 1. The van der Waals surface area contributed by atoms with Gasteiger partial charge in [0.2, 0.25) is 0 Å². The summed E-state index contributed by atoms with van der Waals surface area (Å²) in [7, 11) is 4.88. The molecule has 2 N–H and O–H groups in total. The van der Waals surface area contributed by atoms with Crippen molar-refractivity contribution in [2.45, 2.75) is 184 Å². The highest BCUT2D eigenvalue weighted by atomic mass is 16.7. The molecule has 0 radical (unpaired) electrons. The van der Waals surface area contributed by atoms with Crippen molar-refractivity contribution >= 4 is 5.78 Å². The Bertz CT molecular complexity index is 1510. The van der Waals surface area contributed by atoms with Crippen LogP contribution in [0.3, 0.4) is 0 Å². The molecule has 4 heterocycles. The van der Waals surface area contributed by atoms with Gasteiger partial charge in [-0.05, 0) is 84.1 Å². The van der Waals surface area contributed by atoms with Crippen LogP contribution in [-0.4, -0.2) is 123 Å². The second-order valence-electron chi connectivity index (χ2n) is 17.4. The van der Waals surface area contributed by atoms with Crippen LogP contribution >= 0.6 is 0 Å². The van der Waals surface area contributed by atoms with Gasteiger partial charge in [0.25, 0.3) is 0 Å². The van der Waals surface area contributed by atoms with Crippen LogP contribution < -0.4 is 0 Å². The lowest BCUT2D eigenvalue weighted by Crippen LogP contribution is -2.57. The maximum absolute atomic E-state index is 14.1. The van der Waals surface area contributed by atoms with E-state index in [-0.39, 0.29) is 41.3 Å². The number of hydrogen-bond donors (Lipinski definition) is 2. The van der Waals surface area contributed by atoms with Crippen molar-refractivity contribution in [1.29, 1.82) is 0 Å². The first-order valence-electron chi connectivity index (χ1n) is 20.4. The van der Waals surface area contributed by atoms with Crippen molar-refractivity contribution in [2.75, 3.05) is 21.3 Å². The van der Waals surface area contributed by atoms with Crippen LogP contribution in [0.4, 0.5) is 0 Å². The molecular formula is C42H64O13. The fraction of sp³-hybridized carbons (Fsp3) is 0.833. The summed E-state index contributed by atoms with van der Waals surface area (Å²) < 4.78 is 61.1. The Morgan fingerprint density at radius 2 is 1.35 bits per heavy atom. The molecule has 3 aliphatic carbocycles.